The van der Waals surface area contributed by atoms with Crippen molar-refractivity contribution < 1.29 is 44.3 Å². The van der Waals surface area contributed by atoms with E-state index in [-0.39, 0.29) is 35.6 Å². The molecule has 232 valence electrons. The Bertz CT molecular complexity index is 1710. The minimum Gasteiger partial charge on any atom is -0.511 e. The van der Waals surface area contributed by atoms with Gasteiger partial charge in [-0.15, -0.1) is 0 Å². The summed E-state index contributed by atoms with van der Waals surface area (Å²) < 4.78 is 10.7. The summed E-state index contributed by atoms with van der Waals surface area (Å²) in [6, 6.07) is 8.52. The van der Waals surface area contributed by atoms with Crippen molar-refractivity contribution in [3.63, 3.8) is 0 Å². The first-order chi connectivity index (χ1) is 20.6. The first kappa shape index (κ1) is 31.1. The zero-order chi connectivity index (χ0) is 32.5. The lowest BCUT2D eigenvalue weighted by molar-refractivity contribution is -0.171. The lowest BCUT2D eigenvalue weighted by Crippen LogP contribution is -2.67. The van der Waals surface area contributed by atoms with Crippen LogP contribution in [0, 0.1) is 22.7 Å². The molecule has 0 saturated carbocycles. The number of methoxy groups -OCH3 is 2. The van der Waals surface area contributed by atoms with Crippen LogP contribution in [0.25, 0.3) is 12.2 Å². The van der Waals surface area contributed by atoms with Crippen LogP contribution < -0.4 is 9.47 Å². The topological polar surface area (TPSA) is 151 Å². The van der Waals surface area contributed by atoms with Crippen LogP contribution in [0.3, 0.4) is 0 Å². The Morgan fingerprint density at radius 1 is 1.00 bits per heavy atom. The van der Waals surface area contributed by atoms with Gasteiger partial charge in [-0.2, -0.15) is 0 Å². The van der Waals surface area contributed by atoms with Crippen molar-refractivity contribution >= 4 is 29.5 Å². The second-order valence-corrected chi connectivity index (χ2v) is 12.9. The number of hydrogen-bond donors (Lipinski definition) is 4. The highest BCUT2D eigenvalue weighted by Gasteiger charge is 2.71. The summed E-state index contributed by atoms with van der Waals surface area (Å²) in [5, 5.41) is 46.1. The molecule has 0 radical (unpaired) electrons. The van der Waals surface area contributed by atoms with Crippen LogP contribution in [0.1, 0.15) is 68.1 Å². The fourth-order valence-electron chi connectivity index (χ4n) is 8.05. The maximum absolute atomic E-state index is 14.2. The van der Waals surface area contributed by atoms with Gasteiger partial charge in [0.05, 0.1) is 19.8 Å². The lowest BCUT2D eigenvalue weighted by Gasteiger charge is -2.59. The van der Waals surface area contributed by atoms with Crippen LogP contribution in [-0.4, -0.2) is 57.6 Å². The van der Waals surface area contributed by atoms with E-state index in [4.69, 9.17) is 9.47 Å². The number of rotatable bonds is 6. The molecule has 4 N–H and O–H groups in total. The summed E-state index contributed by atoms with van der Waals surface area (Å²) in [6.07, 6.45) is 3.87. The van der Waals surface area contributed by atoms with Gasteiger partial charge in [0.15, 0.2) is 28.7 Å². The smallest absolute Gasteiger partial charge is 0.209 e. The highest BCUT2D eigenvalue weighted by atomic mass is 16.5. The van der Waals surface area contributed by atoms with Crippen molar-refractivity contribution in [3.05, 3.63) is 75.3 Å². The van der Waals surface area contributed by atoms with Gasteiger partial charge in [0.25, 0.3) is 0 Å². The van der Waals surface area contributed by atoms with Crippen LogP contribution in [0.15, 0.2) is 53.0 Å². The van der Waals surface area contributed by atoms with Gasteiger partial charge in [-0.05, 0) is 60.6 Å². The molecule has 0 fully saturated rings. The number of aliphatic hydroxyl groups is 3. The number of hydrogen-bond acceptors (Lipinski definition) is 9. The molecule has 3 aliphatic rings. The molecule has 2 aromatic carbocycles. The molecule has 5 rings (SSSR count). The average Bonchev–Trinajstić information content (AvgIpc) is 2.94. The first-order valence-corrected chi connectivity index (χ1v) is 14.5. The maximum Gasteiger partial charge on any atom is 0.209 e. The Balaban J connectivity index is 1.70. The van der Waals surface area contributed by atoms with E-state index in [0.29, 0.717) is 22.6 Å². The Kier molecular flexibility index (Phi) is 7.32. The Hall–Kier alpha value is -4.37. The third-order valence-electron chi connectivity index (χ3n) is 9.79. The SMILES string of the molecule is COc1ccc(/C=C/c2ccc(O)c3c2C[C@]2(C)C[C@]4(C)C(C(C)C)C(O)=C(C(C)=O)C(=O)[C@]4(O)C(O)=C2C3=O)cc1OC. The first-order valence-electron chi connectivity index (χ1n) is 14.5. The third-order valence-corrected chi connectivity index (χ3v) is 9.79. The fourth-order valence-corrected chi connectivity index (χ4v) is 8.05. The molecule has 0 aromatic heterocycles. The van der Waals surface area contributed by atoms with Gasteiger partial charge in [0.2, 0.25) is 5.78 Å². The zero-order valence-electron chi connectivity index (χ0n) is 25.9. The van der Waals surface area contributed by atoms with Gasteiger partial charge < -0.3 is 29.9 Å². The predicted octanol–water partition coefficient (Wildman–Crippen LogP) is 5.53. The Labute approximate surface area is 256 Å². The molecule has 44 heavy (non-hydrogen) atoms. The van der Waals surface area contributed by atoms with Crippen LogP contribution in [0.2, 0.25) is 0 Å². The van der Waals surface area contributed by atoms with E-state index in [0.717, 1.165) is 12.5 Å². The molecular formula is C35H38O9. The molecule has 0 amide bonds. The standard InChI is InChI=1S/C35H38O9/c1-17(2)27-29(38)25(18(3)36)31(40)35(42)32(41)28-30(39)26-21(15-33(28,4)16-34(27,35)5)20(11-12-22(26)37)10-8-19-9-13-23(43-6)24(14-19)44-7/h8-14,17,27,37-38,41-42H,15-16H2,1-7H3/b10-8+/t27?,33-,34-,35+/m1/s1. The number of ketones is 3. The van der Waals surface area contributed by atoms with E-state index in [1.165, 1.54) is 6.07 Å². The van der Waals surface area contributed by atoms with E-state index in [2.05, 4.69) is 0 Å². The number of aromatic hydroxyl groups is 1. The van der Waals surface area contributed by atoms with Crippen molar-refractivity contribution in [3.8, 4) is 17.2 Å². The second kappa shape index (κ2) is 10.4. The number of allylic oxidation sites excluding steroid dienone is 2. The molecule has 0 spiro atoms. The highest BCUT2D eigenvalue weighted by Crippen LogP contribution is 2.65. The van der Waals surface area contributed by atoms with E-state index in [1.54, 1.807) is 60.1 Å². The molecule has 3 aliphatic carbocycles. The molecule has 0 saturated heterocycles. The summed E-state index contributed by atoms with van der Waals surface area (Å²) in [6.45, 7) is 8.10. The second-order valence-electron chi connectivity index (χ2n) is 12.9. The fraction of sp³-hybridized carbons (Fsp3) is 0.400. The summed E-state index contributed by atoms with van der Waals surface area (Å²) in [7, 11) is 3.09. The number of phenols is 1. The molecule has 0 heterocycles. The number of phenolic OH excluding ortho intramolecular Hbond substituents is 1. The zero-order valence-corrected chi connectivity index (χ0v) is 25.9. The molecule has 9 heteroatoms. The number of carbonyl (C=O) groups excluding carboxylic acids is 3. The number of benzene rings is 2. The number of fused-ring (bicyclic) bond motifs is 3. The van der Waals surface area contributed by atoms with Crippen LogP contribution in [0.5, 0.6) is 17.2 Å². The normalized spacial score (nSPS) is 28.2. The van der Waals surface area contributed by atoms with E-state index in [1.807, 2.05) is 18.2 Å². The summed E-state index contributed by atoms with van der Waals surface area (Å²) in [5.41, 5.74) is -3.99. The molecule has 9 nitrogen and oxygen atoms in total. The number of Topliss-reactive ketones (excluding diaryl/α,β-unsaturated/α-hetero) is 3. The molecule has 0 bridgehead atoms. The molecule has 0 aliphatic heterocycles. The summed E-state index contributed by atoms with van der Waals surface area (Å²) in [5.74, 6) is -4.24. The van der Waals surface area contributed by atoms with Gasteiger partial charge in [0.1, 0.15) is 22.8 Å². The maximum atomic E-state index is 14.2. The number of carbonyl (C=O) groups is 3. The minimum absolute atomic E-state index is 0.0272. The molecular weight excluding hydrogens is 564 g/mol. The molecule has 4 atom stereocenters. The van der Waals surface area contributed by atoms with E-state index >= 15 is 0 Å². The van der Waals surface area contributed by atoms with Crippen LogP contribution in [-0.2, 0) is 16.0 Å². The van der Waals surface area contributed by atoms with Crippen molar-refractivity contribution in [1.29, 1.82) is 0 Å². The van der Waals surface area contributed by atoms with Crippen molar-refractivity contribution in [2.45, 2.75) is 53.1 Å². The van der Waals surface area contributed by atoms with Crippen LogP contribution >= 0.6 is 0 Å². The predicted molar refractivity (Wildman–Crippen MR) is 164 cm³/mol. The van der Waals surface area contributed by atoms with Gasteiger partial charge in [-0.1, -0.05) is 52.0 Å². The average molecular weight is 603 g/mol. The summed E-state index contributed by atoms with van der Waals surface area (Å²) in [4.78, 5) is 40.5. The Morgan fingerprint density at radius 2 is 1.66 bits per heavy atom. The van der Waals surface area contributed by atoms with Gasteiger partial charge in [-0.25, -0.2) is 0 Å². The van der Waals surface area contributed by atoms with Crippen LogP contribution in [0.4, 0.5) is 0 Å². The van der Waals surface area contributed by atoms with Gasteiger partial charge in [0, 0.05) is 22.3 Å². The Morgan fingerprint density at radius 3 is 2.25 bits per heavy atom. The third kappa shape index (κ3) is 4.13. The van der Waals surface area contributed by atoms with Crippen molar-refractivity contribution in [1.82, 2.24) is 0 Å². The minimum atomic E-state index is -2.64. The van der Waals surface area contributed by atoms with Gasteiger partial charge >= 0.3 is 0 Å². The number of ether oxygens (including phenoxy) is 2. The molecule has 1 unspecified atom stereocenters. The highest BCUT2D eigenvalue weighted by molar-refractivity contribution is 6.25. The number of aliphatic hydroxyl groups excluding tert-OH is 2. The molecule has 2 aromatic rings. The largest absolute Gasteiger partial charge is 0.511 e. The summed E-state index contributed by atoms with van der Waals surface area (Å²) >= 11 is 0. The van der Waals surface area contributed by atoms with Crippen molar-refractivity contribution in [2.75, 3.05) is 14.2 Å². The van der Waals surface area contributed by atoms with E-state index in [9.17, 15) is 34.8 Å². The monoisotopic (exact) mass is 602 g/mol. The van der Waals surface area contributed by atoms with Crippen molar-refractivity contribution in [2.24, 2.45) is 22.7 Å². The lowest BCUT2D eigenvalue weighted by atomic mass is 9.44. The van der Waals surface area contributed by atoms with E-state index < -0.39 is 56.8 Å². The quantitative estimate of drug-likeness (QED) is 0.247. The van der Waals surface area contributed by atoms with Gasteiger partial charge in [-0.3, -0.25) is 14.4 Å².